The normalized spacial score (nSPS) is 9.00. The Bertz CT molecular complexity index is 86.2. The van der Waals surface area contributed by atoms with Crippen molar-refractivity contribution in [1.29, 1.82) is 0 Å². The van der Waals surface area contributed by atoms with E-state index < -0.39 is 0 Å². The molecule has 48 valence electrons. The molecular weight excluding hydrogens is 368 g/mol. The fourth-order valence-electron chi connectivity index (χ4n) is 0.137. The lowest BCUT2D eigenvalue weighted by Crippen LogP contribution is -1.83. The highest BCUT2D eigenvalue weighted by molar-refractivity contribution is 9.28. The van der Waals surface area contributed by atoms with Crippen molar-refractivity contribution < 1.29 is 0 Å². The molecule has 0 atom stereocenters. The molecule has 0 nitrogen and oxygen atoms in total. The van der Waals surface area contributed by atoms with Gasteiger partial charge in [-0.2, -0.15) is 0 Å². The van der Waals surface area contributed by atoms with Crippen LogP contribution in [0.1, 0.15) is 0 Å². The van der Waals surface area contributed by atoms with Crippen molar-refractivity contribution >= 4 is 63.7 Å². The van der Waals surface area contributed by atoms with Crippen LogP contribution in [0, 0.1) is 0 Å². The second-order valence-corrected chi connectivity index (χ2v) is 4.90. The molecule has 0 saturated heterocycles. The van der Waals surface area contributed by atoms with E-state index in [1.807, 2.05) is 0 Å². The Kier molecular flexibility index (Phi) is 6.58. The molecule has 0 amide bonds. The first-order valence-electron chi connectivity index (χ1n) is 1.87. The average Bonchev–Trinajstić information content (AvgIpc) is 1.69. The van der Waals surface area contributed by atoms with Gasteiger partial charge >= 0.3 is 0 Å². The molecule has 0 saturated carbocycles. The largest absolute Gasteiger partial charge is 0.0879 e. The molecule has 0 radical (unpaired) electrons. The summed E-state index contributed by atoms with van der Waals surface area (Å²) < 4.78 is 1.03. The first-order chi connectivity index (χ1) is 3.72. The van der Waals surface area contributed by atoms with E-state index in [4.69, 9.17) is 0 Å². The van der Waals surface area contributed by atoms with E-state index in [9.17, 15) is 0 Å². The Labute approximate surface area is 82.6 Å². The smallest absolute Gasteiger partial charge is 0.0613 e. The highest BCUT2D eigenvalue weighted by atomic mass is 79.9. The topological polar surface area (TPSA) is 0 Å². The summed E-state index contributed by atoms with van der Waals surface area (Å²) in [5, 5.41) is 1.79. The van der Waals surface area contributed by atoms with Crippen LogP contribution in [0.4, 0.5) is 0 Å². The number of alkyl halides is 2. The van der Waals surface area contributed by atoms with E-state index >= 15 is 0 Å². The predicted molar refractivity (Wildman–Crippen MR) is 52.5 cm³/mol. The van der Waals surface area contributed by atoms with Crippen LogP contribution in [0.3, 0.4) is 0 Å². The first kappa shape index (κ1) is 9.66. The summed E-state index contributed by atoms with van der Waals surface area (Å²) in [5.74, 6) is 0. The van der Waals surface area contributed by atoms with Crippen molar-refractivity contribution in [3.05, 3.63) is 8.96 Å². The SMILES string of the molecule is BrCC(CBr)=C(Br)Br. The molecular formula is C4H4Br4. The number of hydrogen-bond donors (Lipinski definition) is 0. The van der Waals surface area contributed by atoms with Crippen LogP contribution < -0.4 is 0 Å². The van der Waals surface area contributed by atoms with Crippen molar-refractivity contribution in [3.63, 3.8) is 0 Å². The van der Waals surface area contributed by atoms with Gasteiger partial charge in [0, 0.05) is 10.7 Å². The zero-order chi connectivity index (χ0) is 6.57. The maximum Gasteiger partial charge on any atom is 0.0613 e. The van der Waals surface area contributed by atoms with E-state index in [1.165, 1.54) is 5.57 Å². The van der Waals surface area contributed by atoms with Crippen molar-refractivity contribution in [3.8, 4) is 0 Å². The molecule has 0 heterocycles. The van der Waals surface area contributed by atoms with E-state index in [0.717, 1.165) is 14.1 Å². The second kappa shape index (κ2) is 5.45. The fourth-order valence-corrected chi connectivity index (χ4v) is 3.69. The second-order valence-electron chi connectivity index (χ2n) is 1.13. The lowest BCUT2D eigenvalue weighted by Gasteiger charge is -1.94. The lowest BCUT2D eigenvalue weighted by molar-refractivity contribution is 1.48. The van der Waals surface area contributed by atoms with Crippen molar-refractivity contribution in [1.82, 2.24) is 0 Å². The molecule has 0 aliphatic heterocycles. The van der Waals surface area contributed by atoms with E-state index in [2.05, 4.69) is 63.7 Å². The van der Waals surface area contributed by atoms with Crippen LogP contribution >= 0.6 is 63.7 Å². The Morgan fingerprint density at radius 2 is 1.38 bits per heavy atom. The van der Waals surface area contributed by atoms with Crippen LogP contribution in [0.5, 0.6) is 0 Å². The summed E-state index contributed by atoms with van der Waals surface area (Å²) in [6.07, 6.45) is 0. The van der Waals surface area contributed by atoms with Gasteiger partial charge in [-0.05, 0) is 37.4 Å². The molecule has 0 aromatic rings. The minimum Gasteiger partial charge on any atom is -0.0879 e. The van der Waals surface area contributed by atoms with Gasteiger partial charge in [0.05, 0.1) is 3.39 Å². The first-order valence-corrected chi connectivity index (χ1v) is 5.70. The summed E-state index contributed by atoms with van der Waals surface area (Å²) in [4.78, 5) is 0. The minimum atomic E-state index is 0.893. The van der Waals surface area contributed by atoms with Crippen LogP contribution in [0.15, 0.2) is 8.96 Å². The molecule has 4 heteroatoms. The molecule has 0 aromatic heterocycles. The van der Waals surface area contributed by atoms with Crippen molar-refractivity contribution in [2.75, 3.05) is 10.7 Å². The Hall–Kier alpha value is 1.66. The quantitative estimate of drug-likeness (QED) is 0.648. The fraction of sp³-hybridized carbons (Fsp3) is 0.500. The van der Waals surface area contributed by atoms with Crippen LogP contribution in [0.2, 0.25) is 0 Å². The number of allylic oxidation sites excluding steroid dienone is 1. The van der Waals surface area contributed by atoms with Gasteiger partial charge in [0.1, 0.15) is 0 Å². The van der Waals surface area contributed by atoms with Gasteiger partial charge in [0.25, 0.3) is 0 Å². The van der Waals surface area contributed by atoms with Gasteiger partial charge in [-0.15, -0.1) is 0 Å². The van der Waals surface area contributed by atoms with Gasteiger partial charge in [-0.25, -0.2) is 0 Å². The monoisotopic (exact) mass is 368 g/mol. The molecule has 0 unspecified atom stereocenters. The van der Waals surface area contributed by atoms with Crippen LogP contribution in [-0.2, 0) is 0 Å². The van der Waals surface area contributed by atoms with Crippen molar-refractivity contribution in [2.24, 2.45) is 0 Å². The third-order valence-corrected chi connectivity index (χ3v) is 3.07. The molecule has 0 N–H and O–H groups in total. The Balaban J connectivity index is 3.86. The predicted octanol–water partition coefficient (Wildman–Crippen LogP) is 3.78. The Morgan fingerprint density at radius 1 is 1.00 bits per heavy atom. The maximum absolute atomic E-state index is 3.33. The summed E-state index contributed by atoms with van der Waals surface area (Å²) in [6, 6.07) is 0. The molecule has 0 rings (SSSR count). The third kappa shape index (κ3) is 3.64. The van der Waals surface area contributed by atoms with E-state index in [0.29, 0.717) is 0 Å². The van der Waals surface area contributed by atoms with E-state index in [1.54, 1.807) is 0 Å². The third-order valence-electron chi connectivity index (χ3n) is 0.590. The highest BCUT2D eigenvalue weighted by Crippen LogP contribution is 2.21. The Morgan fingerprint density at radius 3 is 1.38 bits per heavy atom. The van der Waals surface area contributed by atoms with Crippen LogP contribution in [-0.4, -0.2) is 10.7 Å². The summed E-state index contributed by atoms with van der Waals surface area (Å²) >= 11 is 13.3. The van der Waals surface area contributed by atoms with Gasteiger partial charge in [0.15, 0.2) is 0 Å². The molecule has 0 aliphatic carbocycles. The number of rotatable bonds is 2. The molecule has 0 spiro atoms. The zero-order valence-electron chi connectivity index (χ0n) is 3.93. The molecule has 0 fully saturated rings. The van der Waals surface area contributed by atoms with Crippen LogP contribution in [0.25, 0.3) is 0 Å². The summed E-state index contributed by atoms with van der Waals surface area (Å²) in [6.45, 7) is 0. The van der Waals surface area contributed by atoms with Crippen molar-refractivity contribution in [2.45, 2.75) is 0 Å². The zero-order valence-corrected chi connectivity index (χ0v) is 10.3. The number of hydrogen-bond acceptors (Lipinski definition) is 0. The van der Waals surface area contributed by atoms with Gasteiger partial charge in [-0.3, -0.25) is 0 Å². The van der Waals surface area contributed by atoms with Gasteiger partial charge in [-0.1, -0.05) is 31.9 Å². The van der Waals surface area contributed by atoms with E-state index in [-0.39, 0.29) is 0 Å². The number of halogens is 4. The molecule has 8 heavy (non-hydrogen) atoms. The van der Waals surface area contributed by atoms with Gasteiger partial charge in [0.2, 0.25) is 0 Å². The lowest BCUT2D eigenvalue weighted by atomic mass is 10.4. The highest BCUT2D eigenvalue weighted by Gasteiger charge is 1.95. The average molecular weight is 372 g/mol. The molecule has 0 aromatic carbocycles. The maximum atomic E-state index is 3.33. The molecule has 0 aliphatic rings. The molecule has 0 bridgehead atoms. The minimum absolute atomic E-state index is 0.893. The summed E-state index contributed by atoms with van der Waals surface area (Å²) in [7, 11) is 0. The van der Waals surface area contributed by atoms with Gasteiger partial charge < -0.3 is 0 Å². The standard InChI is InChI=1S/C4H4Br4/c5-1-3(2-6)4(7)8/h1-2H2. The summed E-state index contributed by atoms with van der Waals surface area (Å²) in [5.41, 5.74) is 1.27.